The van der Waals surface area contributed by atoms with Gasteiger partial charge >= 0.3 is 0 Å². The molecule has 0 saturated carbocycles. The molecule has 1 amide bonds. The van der Waals surface area contributed by atoms with Gasteiger partial charge in [-0.1, -0.05) is 29.3 Å². The first kappa shape index (κ1) is 27.1. The summed E-state index contributed by atoms with van der Waals surface area (Å²) in [5, 5.41) is 0.245. The van der Waals surface area contributed by atoms with Crippen LogP contribution in [0.5, 0.6) is 5.75 Å². The molecule has 196 valence electrons. The lowest BCUT2D eigenvalue weighted by atomic mass is 10.1. The van der Waals surface area contributed by atoms with Crippen molar-refractivity contribution >= 4 is 60.5 Å². The van der Waals surface area contributed by atoms with Crippen LogP contribution in [0.4, 0.5) is 11.4 Å². The van der Waals surface area contributed by atoms with Crippen molar-refractivity contribution in [2.75, 3.05) is 29.6 Å². The molecule has 1 heterocycles. The minimum absolute atomic E-state index is 0.0548. The average Bonchev–Trinajstić information content (AvgIpc) is 3.41. The van der Waals surface area contributed by atoms with Gasteiger partial charge in [0.05, 0.1) is 38.2 Å². The fraction of sp³-hybridized carbons (Fsp3) is 0.208. The number of carbonyl (C=O) groups excluding carboxylic acids is 1. The zero-order valence-electron chi connectivity index (χ0n) is 19.6. The quantitative estimate of drug-likeness (QED) is 0.391. The predicted molar refractivity (Wildman–Crippen MR) is 143 cm³/mol. The van der Waals surface area contributed by atoms with E-state index in [0.717, 1.165) is 12.8 Å². The number of nitrogens with one attached hydrogen (secondary N) is 2. The lowest BCUT2D eigenvalue weighted by Crippen LogP contribution is -2.28. The number of rotatable bonds is 8. The Morgan fingerprint density at radius 3 is 2.14 bits per heavy atom. The third-order valence-corrected chi connectivity index (χ3v) is 9.30. The van der Waals surface area contributed by atoms with Gasteiger partial charge in [0.15, 0.2) is 0 Å². The zero-order chi connectivity index (χ0) is 26.8. The lowest BCUT2D eigenvalue weighted by Gasteiger charge is -2.18. The maximum Gasteiger partial charge on any atom is 0.261 e. The summed E-state index contributed by atoms with van der Waals surface area (Å²) in [6.07, 6.45) is 1.78. The molecule has 0 bridgehead atoms. The molecule has 2 N–H and O–H groups in total. The van der Waals surface area contributed by atoms with Crippen molar-refractivity contribution in [3.05, 3.63) is 76.3 Å². The second kappa shape index (κ2) is 10.8. The molecule has 0 aromatic heterocycles. The first-order chi connectivity index (χ1) is 17.5. The highest BCUT2D eigenvalue weighted by atomic mass is 35.5. The van der Waals surface area contributed by atoms with Crippen LogP contribution in [0.15, 0.2) is 70.5 Å². The maximum atomic E-state index is 13.1. The number of likely N-dealkylation sites (tertiary alicyclic amines) is 1. The number of anilines is 2. The fourth-order valence-electron chi connectivity index (χ4n) is 3.81. The Morgan fingerprint density at radius 1 is 0.865 bits per heavy atom. The Bertz CT molecular complexity index is 1540. The van der Waals surface area contributed by atoms with E-state index < -0.39 is 20.0 Å². The average molecular weight is 585 g/mol. The van der Waals surface area contributed by atoms with E-state index in [1.165, 1.54) is 61.7 Å². The highest BCUT2D eigenvalue weighted by Crippen LogP contribution is 2.31. The van der Waals surface area contributed by atoms with Gasteiger partial charge in [0.25, 0.3) is 26.0 Å². The monoisotopic (exact) mass is 583 g/mol. The first-order valence-electron chi connectivity index (χ1n) is 11.1. The smallest absolute Gasteiger partial charge is 0.261 e. The van der Waals surface area contributed by atoms with Crippen LogP contribution in [0.1, 0.15) is 23.2 Å². The molecule has 37 heavy (non-hydrogen) atoms. The van der Waals surface area contributed by atoms with E-state index in [-0.39, 0.29) is 48.4 Å². The summed E-state index contributed by atoms with van der Waals surface area (Å²) in [5.41, 5.74) is 0.389. The first-order valence-corrected chi connectivity index (χ1v) is 14.8. The molecule has 4 rings (SSSR count). The number of hydrogen-bond acceptors (Lipinski definition) is 6. The van der Waals surface area contributed by atoms with E-state index in [4.69, 9.17) is 27.9 Å². The van der Waals surface area contributed by atoms with Crippen molar-refractivity contribution in [1.82, 2.24) is 4.90 Å². The van der Waals surface area contributed by atoms with Crippen molar-refractivity contribution in [3.8, 4) is 5.75 Å². The number of methoxy groups -OCH3 is 1. The number of amides is 1. The predicted octanol–water partition coefficient (Wildman–Crippen LogP) is 4.84. The van der Waals surface area contributed by atoms with E-state index >= 15 is 0 Å². The molecule has 3 aromatic rings. The van der Waals surface area contributed by atoms with Crippen LogP contribution in [-0.4, -0.2) is 47.8 Å². The van der Waals surface area contributed by atoms with Crippen molar-refractivity contribution in [2.45, 2.75) is 22.6 Å². The SMILES string of the molecule is COc1ccc(S(=O)(=O)Nc2ccc(S(=O)(=O)Nc3cccc(Cl)c3Cl)cc2)cc1C(=O)N1CCCC1. The molecule has 1 saturated heterocycles. The molecule has 1 aliphatic heterocycles. The van der Waals surface area contributed by atoms with E-state index in [1.807, 2.05) is 0 Å². The Balaban J connectivity index is 1.54. The van der Waals surface area contributed by atoms with Gasteiger partial charge in [-0.2, -0.15) is 0 Å². The molecular weight excluding hydrogens is 561 g/mol. The summed E-state index contributed by atoms with van der Waals surface area (Å²) in [5.74, 6) is -0.0222. The van der Waals surface area contributed by atoms with Gasteiger partial charge in [-0.25, -0.2) is 16.8 Å². The number of carbonyl (C=O) groups is 1. The highest BCUT2D eigenvalue weighted by molar-refractivity contribution is 7.93. The van der Waals surface area contributed by atoms with Gasteiger partial charge < -0.3 is 9.64 Å². The van der Waals surface area contributed by atoms with E-state index in [0.29, 0.717) is 13.1 Å². The van der Waals surface area contributed by atoms with E-state index in [2.05, 4.69) is 9.44 Å². The van der Waals surface area contributed by atoms with Gasteiger partial charge in [-0.05, 0) is 67.4 Å². The molecule has 0 aliphatic carbocycles. The summed E-state index contributed by atoms with van der Waals surface area (Å²) < 4.78 is 61.7. The largest absolute Gasteiger partial charge is 0.496 e. The van der Waals surface area contributed by atoms with Crippen molar-refractivity contribution in [3.63, 3.8) is 0 Å². The number of halogens is 2. The molecule has 13 heteroatoms. The summed E-state index contributed by atoms with van der Waals surface area (Å²) in [6.45, 7) is 1.20. The number of hydrogen-bond donors (Lipinski definition) is 2. The van der Waals surface area contributed by atoms with Gasteiger partial charge in [0.2, 0.25) is 0 Å². The topological polar surface area (TPSA) is 122 Å². The minimum atomic E-state index is -4.10. The van der Waals surface area contributed by atoms with Crippen molar-refractivity contribution in [1.29, 1.82) is 0 Å². The third-order valence-electron chi connectivity index (χ3n) is 5.72. The molecule has 0 unspecified atom stereocenters. The second-order valence-corrected chi connectivity index (χ2v) is 12.3. The Hall–Kier alpha value is -2.99. The molecule has 1 fully saturated rings. The third kappa shape index (κ3) is 5.96. The maximum absolute atomic E-state index is 13.1. The number of nitrogens with zero attached hydrogens (tertiary/aromatic N) is 1. The van der Waals surface area contributed by atoms with Crippen LogP contribution < -0.4 is 14.2 Å². The minimum Gasteiger partial charge on any atom is -0.496 e. The van der Waals surface area contributed by atoms with Gasteiger partial charge in [0, 0.05) is 18.8 Å². The molecule has 9 nitrogen and oxygen atoms in total. The van der Waals surface area contributed by atoms with Crippen molar-refractivity contribution in [2.24, 2.45) is 0 Å². The number of ether oxygens (including phenoxy) is 1. The standard InChI is InChI=1S/C24H23Cl2N3O6S2/c1-35-22-12-11-18(15-19(22)24(30)29-13-2-3-14-29)37(33,34)27-16-7-9-17(10-8-16)36(31,32)28-21-6-4-5-20(25)23(21)26/h4-12,15,27-28H,2-3,13-14H2,1H3. The van der Waals surface area contributed by atoms with Gasteiger partial charge in [0.1, 0.15) is 5.75 Å². The van der Waals surface area contributed by atoms with Crippen LogP contribution in [0, 0.1) is 0 Å². The Morgan fingerprint density at radius 2 is 1.49 bits per heavy atom. The summed E-state index contributed by atoms with van der Waals surface area (Å²) in [7, 11) is -6.71. The molecule has 0 atom stereocenters. The normalized spacial score (nSPS) is 13.9. The molecule has 0 radical (unpaired) electrons. The summed E-state index contributed by atoms with van der Waals surface area (Å²) in [6, 6.07) is 13.7. The van der Waals surface area contributed by atoms with E-state index in [9.17, 15) is 21.6 Å². The second-order valence-electron chi connectivity index (χ2n) is 8.20. The summed E-state index contributed by atoms with van der Waals surface area (Å²) in [4.78, 5) is 14.3. The zero-order valence-corrected chi connectivity index (χ0v) is 22.7. The number of sulfonamides is 2. The molecule has 3 aromatic carbocycles. The lowest BCUT2D eigenvalue weighted by molar-refractivity contribution is 0.0789. The molecule has 1 aliphatic rings. The van der Waals surface area contributed by atoms with Crippen LogP contribution in [-0.2, 0) is 20.0 Å². The highest BCUT2D eigenvalue weighted by Gasteiger charge is 2.25. The van der Waals surface area contributed by atoms with Gasteiger partial charge in [-0.15, -0.1) is 0 Å². The summed E-state index contributed by atoms with van der Waals surface area (Å²) >= 11 is 12.0. The Labute approximate surface area is 225 Å². The van der Waals surface area contributed by atoms with Crippen LogP contribution in [0.2, 0.25) is 10.0 Å². The molecule has 0 spiro atoms. The van der Waals surface area contributed by atoms with Crippen LogP contribution in [0.25, 0.3) is 0 Å². The molecular formula is C24H23Cl2N3O6S2. The van der Waals surface area contributed by atoms with Crippen LogP contribution in [0.3, 0.4) is 0 Å². The van der Waals surface area contributed by atoms with Crippen molar-refractivity contribution < 1.29 is 26.4 Å². The fourth-order valence-corrected chi connectivity index (χ4v) is 6.37. The number of benzene rings is 3. The van der Waals surface area contributed by atoms with Gasteiger partial charge in [-0.3, -0.25) is 14.2 Å². The van der Waals surface area contributed by atoms with Crippen LogP contribution >= 0.6 is 23.2 Å². The Kier molecular flexibility index (Phi) is 7.88. The van der Waals surface area contributed by atoms with E-state index in [1.54, 1.807) is 11.0 Å².